The number of aromatic nitrogens is 2. The molecule has 0 aliphatic heterocycles. The Morgan fingerprint density at radius 2 is 2.18 bits per heavy atom. The molecule has 5 heteroatoms. The Hall–Kier alpha value is -2.30. The molecule has 0 bridgehead atoms. The number of aryl methyl sites for hydroxylation is 1. The summed E-state index contributed by atoms with van der Waals surface area (Å²) >= 11 is 0. The van der Waals surface area contributed by atoms with Gasteiger partial charge in [-0.1, -0.05) is 12.1 Å². The number of amides is 1. The van der Waals surface area contributed by atoms with Gasteiger partial charge >= 0.3 is 0 Å². The summed E-state index contributed by atoms with van der Waals surface area (Å²) < 4.78 is 5.16. The predicted octanol–water partition coefficient (Wildman–Crippen LogP) is 1.98. The minimum Gasteiger partial charge on any atom is -0.495 e. The van der Waals surface area contributed by atoms with E-state index in [2.05, 4.69) is 15.5 Å². The largest absolute Gasteiger partial charge is 0.495 e. The Bertz CT molecular complexity index is 534. The van der Waals surface area contributed by atoms with E-state index in [9.17, 15) is 4.79 Å². The van der Waals surface area contributed by atoms with Gasteiger partial charge in [-0.25, -0.2) is 0 Å². The number of nitrogens with one attached hydrogen (secondary N) is 2. The zero-order valence-corrected chi connectivity index (χ0v) is 9.65. The molecule has 17 heavy (non-hydrogen) atoms. The van der Waals surface area contributed by atoms with E-state index in [1.807, 2.05) is 12.1 Å². The van der Waals surface area contributed by atoms with Crippen LogP contribution in [-0.4, -0.2) is 23.2 Å². The molecule has 0 atom stereocenters. The molecule has 1 heterocycles. The summed E-state index contributed by atoms with van der Waals surface area (Å²) in [6.45, 7) is 1.80. The number of anilines is 1. The highest BCUT2D eigenvalue weighted by Crippen LogP contribution is 2.23. The molecule has 0 spiro atoms. The van der Waals surface area contributed by atoms with Crippen molar-refractivity contribution in [3.05, 3.63) is 41.7 Å². The van der Waals surface area contributed by atoms with E-state index in [1.54, 1.807) is 26.2 Å². The fraction of sp³-hybridized carbons (Fsp3) is 0.167. The van der Waals surface area contributed by atoms with Crippen LogP contribution in [-0.2, 0) is 0 Å². The smallest absolute Gasteiger partial charge is 0.259 e. The summed E-state index contributed by atoms with van der Waals surface area (Å²) in [6, 6.07) is 7.25. The maximum Gasteiger partial charge on any atom is 0.259 e. The van der Waals surface area contributed by atoms with Crippen molar-refractivity contribution in [3.8, 4) is 5.75 Å². The number of H-pyrrole nitrogens is 1. The summed E-state index contributed by atoms with van der Waals surface area (Å²) in [4.78, 5) is 11.9. The summed E-state index contributed by atoms with van der Waals surface area (Å²) in [7, 11) is 1.56. The number of carbonyl (C=O) groups excluding carboxylic acids is 1. The van der Waals surface area contributed by atoms with Crippen LogP contribution in [0.3, 0.4) is 0 Å². The molecule has 0 unspecified atom stereocenters. The summed E-state index contributed by atoms with van der Waals surface area (Å²) in [6.07, 6.45) is 1.50. The fourth-order valence-corrected chi connectivity index (χ4v) is 1.52. The average Bonchev–Trinajstić information content (AvgIpc) is 2.76. The molecule has 5 nitrogen and oxygen atoms in total. The van der Waals surface area contributed by atoms with E-state index < -0.39 is 0 Å². The second kappa shape index (κ2) is 4.69. The SMILES string of the molecule is COc1ccccc1NC(=O)c1cn[nH]c1C. The summed E-state index contributed by atoms with van der Waals surface area (Å²) in [5, 5.41) is 9.31. The van der Waals surface area contributed by atoms with Crippen molar-refractivity contribution in [2.45, 2.75) is 6.92 Å². The first-order chi connectivity index (χ1) is 8.22. The van der Waals surface area contributed by atoms with Gasteiger partial charge in [0.2, 0.25) is 0 Å². The molecule has 0 saturated heterocycles. The van der Waals surface area contributed by atoms with Crippen molar-refractivity contribution < 1.29 is 9.53 Å². The first-order valence-corrected chi connectivity index (χ1v) is 5.16. The highest BCUT2D eigenvalue weighted by atomic mass is 16.5. The van der Waals surface area contributed by atoms with Crippen LogP contribution in [0.25, 0.3) is 0 Å². The lowest BCUT2D eigenvalue weighted by Gasteiger charge is -2.09. The van der Waals surface area contributed by atoms with Gasteiger partial charge in [-0.3, -0.25) is 9.89 Å². The molecule has 2 rings (SSSR count). The van der Waals surface area contributed by atoms with Crippen LogP contribution in [0.5, 0.6) is 5.75 Å². The van der Waals surface area contributed by atoms with Gasteiger partial charge in [-0.15, -0.1) is 0 Å². The number of aromatic amines is 1. The van der Waals surface area contributed by atoms with Crippen LogP contribution in [0.1, 0.15) is 16.1 Å². The number of para-hydroxylation sites is 2. The lowest BCUT2D eigenvalue weighted by molar-refractivity contribution is 0.102. The van der Waals surface area contributed by atoms with Crippen LogP contribution in [0.4, 0.5) is 5.69 Å². The number of nitrogens with zero attached hydrogens (tertiary/aromatic N) is 1. The van der Waals surface area contributed by atoms with Crippen LogP contribution in [0, 0.1) is 6.92 Å². The van der Waals surface area contributed by atoms with Crippen molar-refractivity contribution >= 4 is 11.6 Å². The molecule has 88 valence electrons. The number of ether oxygens (including phenoxy) is 1. The first-order valence-electron chi connectivity index (χ1n) is 5.16. The van der Waals surface area contributed by atoms with Crippen LogP contribution >= 0.6 is 0 Å². The molecule has 2 N–H and O–H groups in total. The van der Waals surface area contributed by atoms with Gasteiger partial charge < -0.3 is 10.1 Å². The minimum atomic E-state index is -0.208. The molecule has 0 aliphatic rings. The third-order valence-electron chi connectivity index (χ3n) is 2.43. The Labute approximate surface area is 98.8 Å². The molecule has 0 aliphatic carbocycles. The zero-order chi connectivity index (χ0) is 12.3. The quantitative estimate of drug-likeness (QED) is 0.848. The predicted molar refractivity (Wildman–Crippen MR) is 64.3 cm³/mol. The zero-order valence-electron chi connectivity index (χ0n) is 9.65. The molecule has 0 fully saturated rings. The fourth-order valence-electron chi connectivity index (χ4n) is 1.52. The van der Waals surface area contributed by atoms with E-state index >= 15 is 0 Å². The van der Waals surface area contributed by atoms with E-state index in [1.165, 1.54) is 6.20 Å². The maximum absolute atomic E-state index is 11.9. The van der Waals surface area contributed by atoms with Gasteiger partial charge in [0.05, 0.1) is 24.6 Å². The van der Waals surface area contributed by atoms with E-state index in [4.69, 9.17) is 4.74 Å². The maximum atomic E-state index is 11.9. The first kappa shape index (κ1) is 11.2. The molecule has 1 amide bonds. The molecule has 1 aromatic carbocycles. The van der Waals surface area contributed by atoms with Crippen LogP contribution in [0.15, 0.2) is 30.5 Å². The minimum absolute atomic E-state index is 0.208. The van der Waals surface area contributed by atoms with Crippen molar-refractivity contribution in [1.29, 1.82) is 0 Å². The Morgan fingerprint density at radius 1 is 1.41 bits per heavy atom. The highest BCUT2D eigenvalue weighted by molar-refractivity contribution is 6.05. The molecule has 1 aromatic heterocycles. The van der Waals surface area contributed by atoms with Gasteiger partial charge in [0.1, 0.15) is 5.75 Å². The normalized spacial score (nSPS) is 10.0. The third kappa shape index (κ3) is 2.28. The number of rotatable bonds is 3. The number of benzene rings is 1. The van der Waals surface area contributed by atoms with E-state index in [0.717, 1.165) is 5.69 Å². The van der Waals surface area contributed by atoms with Gasteiger partial charge in [-0.05, 0) is 19.1 Å². The lowest BCUT2D eigenvalue weighted by atomic mass is 10.2. The lowest BCUT2D eigenvalue weighted by Crippen LogP contribution is -2.13. The highest BCUT2D eigenvalue weighted by Gasteiger charge is 2.12. The molecular weight excluding hydrogens is 218 g/mol. The van der Waals surface area contributed by atoms with Crippen LogP contribution in [0.2, 0.25) is 0 Å². The Balaban J connectivity index is 2.22. The Morgan fingerprint density at radius 3 is 2.82 bits per heavy atom. The molecule has 0 radical (unpaired) electrons. The van der Waals surface area contributed by atoms with E-state index in [-0.39, 0.29) is 5.91 Å². The van der Waals surface area contributed by atoms with Crippen LogP contribution < -0.4 is 10.1 Å². The third-order valence-corrected chi connectivity index (χ3v) is 2.43. The van der Waals surface area contributed by atoms with Crippen molar-refractivity contribution in [2.24, 2.45) is 0 Å². The van der Waals surface area contributed by atoms with Gasteiger partial charge in [0.25, 0.3) is 5.91 Å². The molecular formula is C12H13N3O2. The van der Waals surface area contributed by atoms with Gasteiger partial charge in [0.15, 0.2) is 0 Å². The number of hydrogen-bond acceptors (Lipinski definition) is 3. The average molecular weight is 231 g/mol. The van der Waals surface area contributed by atoms with Crippen molar-refractivity contribution in [2.75, 3.05) is 12.4 Å². The second-order valence-corrected chi connectivity index (χ2v) is 3.56. The number of hydrogen-bond donors (Lipinski definition) is 2. The monoisotopic (exact) mass is 231 g/mol. The topological polar surface area (TPSA) is 67.0 Å². The van der Waals surface area contributed by atoms with Crippen molar-refractivity contribution in [1.82, 2.24) is 10.2 Å². The Kier molecular flexibility index (Phi) is 3.09. The summed E-state index contributed by atoms with van der Waals surface area (Å²) in [5.74, 6) is 0.419. The number of carbonyl (C=O) groups is 1. The van der Waals surface area contributed by atoms with Crippen molar-refractivity contribution in [3.63, 3.8) is 0 Å². The standard InChI is InChI=1S/C12H13N3O2/c1-8-9(7-13-15-8)12(16)14-10-5-3-4-6-11(10)17-2/h3-7H,1-2H3,(H,13,15)(H,14,16). The van der Waals surface area contributed by atoms with Gasteiger partial charge in [0, 0.05) is 5.69 Å². The second-order valence-electron chi connectivity index (χ2n) is 3.56. The van der Waals surface area contributed by atoms with E-state index in [0.29, 0.717) is 17.0 Å². The van der Waals surface area contributed by atoms with Gasteiger partial charge in [-0.2, -0.15) is 5.10 Å². The summed E-state index contributed by atoms with van der Waals surface area (Å²) in [5.41, 5.74) is 1.90. The molecule has 2 aromatic rings. The number of methoxy groups -OCH3 is 1. The molecule has 0 saturated carbocycles.